The van der Waals surface area contributed by atoms with Crippen LogP contribution in [0, 0.1) is 0 Å². The van der Waals surface area contributed by atoms with Crippen molar-refractivity contribution >= 4 is 24.2 Å². The van der Waals surface area contributed by atoms with E-state index in [1.54, 1.807) is 36.2 Å². The van der Waals surface area contributed by atoms with E-state index in [2.05, 4.69) is 10.6 Å². The Morgan fingerprint density at radius 1 is 1.27 bits per heavy atom. The van der Waals surface area contributed by atoms with Crippen molar-refractivity contribution in [2.45, 2.75) is 25.8 Å². The summed E-state index contributed by atoms with van der Waals surface area (Å²) < 4.78 is 0. The zero-order valence-electron chi connectivity index (χ0n) is 13.1. The van der Waals surface area contributed by atoms with Gasteiger partial charge in [-0.05, 0) is 51.1 Å². The minimum absolute atomic E-state index is 0. The molecule has 5 nitrogen and oxygen atoms in total. The predicted molar refractivity (Wildman–Crippen MR) is 89.7 cm³/mol. The average Bonchev–Trinajstić information content (AvgIpc) is 2.54. The first kappa shape index (κ1) is 18.5. The Morgan fingerprint density at radius 2 is 1.91 bits per heavy atom. The topological polar surface area (TPSA) is 61.4 Å². The van der Waals surface area contributed by atoms with Crippen molar-refractivity contribution < 1.29 is 9.59 Å². The second-order valence-electron chi connectivity index (χ2n) is 5.40. The van der Waals surface area contributed by atoms with Crippen molar-refractivity contribution in [3.8, 4) is 0 Å². The van der Waals surface area contributed by atoms with Gasteiger partial charge in [-0.2, -0.15) is 0 Å². The van der Waals surface area contributed by atoms with Gasteiger partial charge in [-0.1, -0.05) is 6.07 Å². The van der Waals surface area contributed by atoms with E-state index in [0.29, 0.717) is 17.7 Å². The average molecular weight is 326 g/mol. The molecule has 0 spiro atoms. The maximum Gasteiger partial charge on any atom is 0.253 e. The van der Waals surface area contributed by atoms with Crippen molar-refractivity contribution in [2.24, 2.45) is 0 Å². The van der Waals surface area contributed by atoms with Gasteiger partial charge in [0.2, 0.25) is 0 Å². The fourth-order valence-electron chi connectivity index (χ4n) is 2.39. The Kier molecular flexibility index (Phi) is 7.35. The molecule has 0 radical (unpaired) electrons. The monoisotopic (exact) mass is 325 g/mol. The van der Waals surface area contributed by atoms with E-state index in [4.69, 9.17) is 0 Å². The Balaban J connectivity index is 0.00000242. The van der Waals surface area contributed by atoms with Gasteiger partial charge in [0.25, 0.3) is 11.8 Å². The first-order chi connectivity index (χ1) is 10.1. The maximum atomic E-state index is 12.3. The van der Waals surface area contributed by atoms with Gasteiger partial charge in [0.15, 0.2) is 0 Å². The van der Waals surface area contributed by atoms with Crippen LogP contribution in [0.5, 0.6) is 0 Å². The molecule has 2 rings (SSSR count). The summed E-state index contributed by atoms with van der Waals surface area (Å²) in [6.07, 6.45) is 1.89. The minimum Gasteiger partial charge on any atom is -0.349 e. The summed E-state index contributed by atoms with van der Waals surface area (Å²) in [5, 5.41) is 6.31. The van der Waals surface area contributed by atoms with Crippen molar-refractivity contribution in [3.05, 3.63) is 35.4 Å². The summed E-state index contributed by atoms with van der Waals surface area (Å²) in [5.74, 6) is -0.162. The van der Waals surface area contributed by atoms with Crippen molar-refractivity contribution in [2.75, 3.05) is 26.7 Å². The summed E-state index contributed by atoms with van der Waals surface area (Å²) in [7, 11) is 1.75. The van der Waals surface area contributed by atoms with Crippen LogP contribution in [-0.2, 0) is 0 Å². The molecular formula is C16H24ClN3O2. The Labute approximate surface area is 137 Å². The van der Waals surface area contributed by atoms with Crippen LogP contribution in [0.1, 0.15) is 40.5 Å². The lowest BCUT2D eigenvalue weighted by Gasteiger charge is -2.23. The lowest BCUT2D eigenvalue weighted by atomic mass is 10.0. The van der Waals surface area contributed by atoms with Gasteiger partial charge in [0.05, 0.1) is 0 Å². The van der Waals surface area contributed by atoms with E-state index in [0.717, 1.165) is 25.9 Å². The molecule has 1 fully saturated rings. The van der Waals surface area contributed by atoms with E-state index < -0.39 is 0 Å². The highest BCUT2D eigenvalue weighted by atomic mass is 35.5. The summed E-state index contributed by atoms with van der Waals surface area (Å²) in [6.45, 7) is 4.44. The van der Waals surface area contributed by atoms with Crippen molar-refractivity contribution in [1.29, 1.82) is 0 Å². The quantitative estimate of drug-likeness (QED) is 0.885. The molecule has 0 unspecified atom stereocenters. The number of carbonyl (C=O) groups excluding carboxylic acids is 2. The Hall–Kier alpha value is -1.59. The number of hydrogen-bond acceptors (Lipinski definition) is 3. The van der Waals surface area contributed by atoms with E-state index in [1.165, 1.54) is 0 Å². The summed E-state index contributed by atoms with van der Waals surface area (Å²) in [4.78, 5) is 26.0. The molecule has 0 aromatic heterocycles. The Morgan fingerprint density at radius 3 is 2.55 bits per heavy atom. The second-order valence-corrected chi connectivity index (χ2v) is 5.40. The number of piperidine rings is 1. The normalized spacial score (nSPS) is 14.8. The van der Waals surface area contributed by atoms with E-state index >= 15 is 0 Å². The van der Waals surface area contributed by atoms with E-state index in [-0.39, 0.29) is 30.3 Å². The first-order valence-electron chi connectivity index (χ1n) is 7.49. The van der Waals surface area contributed by atoms with Crippen LogP contribution in [0.3, 0.4) is 0 Å². The number of benzene rings is 1. The first-order valence-corrected chi connectivity index (χ1v) is 7.49. The number of amides is 2. The molecule has 1 aromatic carbocycles. The van der Waals surface area contributed by atoms with Crippen LogP contribution >= 0.6 is 12.4 Å². The maximum absolute atomic E-state index is 12.3. The highest BCUT2D eigenvalue weighted by Crippen LogP contribution is 2.10. The molecule has 22 heavy (non-hydrogen) atoms. The number of halogens is 1. The SMILES string of the molecule is CCN(C)C(=O)c1cccc(C(=O)NC2CCNCC2)c1.Cl. The van der Waals surface area contributed by atoms with Crippen molar-refractivity contribution in [3.63, 3.8) is 0 Å². The molecular weight excluding hydrogens is 302 g/mol. The lowest BCUT2D eigenvalue weighted by Crippen LogP contribution is -2.42. The molecule has 0 bridgehead atoms. The van der Waals surface area contributed by atoms with Gasteiger partial charge in [-0.3, -0.25) is 9.59 Å². The largest absolute Gasteiger partial charge is 0.349 e. The number of nitrogens with zero attached hydrogens (tertiary/aromatic N) is 1. The number of hydrogen-bond donors (Lipinski definition) is 2. The van der Waals surface area contributed by atoms with Gasteiger partial charge in [-0.25, -0.2) is 0 Å². The molecule has 0 atom stereocenters. The van der Waals surface area contributed by atoms with Gasteiger partial charge in [0, 0.05) is 30.8 Å². The zero-order valence-corrected chi connectivity index (χ0v) is 13.9. The van der Waals surface area contributed by atoms with Crippen LogP contribution in [0.2, 0.25) is 0 Å². The van der Waals surface area contributed by atoms with Gasteiger partial charge in [-0.15, -0.1) is 12.4 Å². The van der Waals surface area contributed by atoms with Gasteiger partial charge >= 0.3 is 0 Å². The van der Waals surface area contributed by atoms with Crippen LogP contribution in [-0.4, -0.2) is 49.4 Å². The van der Waals surface area contributed by atoms with Crippen LogP contribution in [0.25, 0.3) is 0 Å². The molecule has 1 heterocycles. The fraction of sp³-hybridized carbons (Fsp3) is 0.500. The molecule has 6 heteroatoms. The minimum atomic E-state index is -0.101. The summed E-state index contributed by atoms with van der Waals surface area (Å²) in [5.41, 5.74) is 1.10. The molecule has 2 amide bonds. The molecule has 122 valence electrons. The van der Waals surface area contributed by atoms with Gasteiger partial charge < -0.3 is 15.5 Å². The fourth-order valence-corrected chi connectivity index (χ4v) is 2.39. The van der Waals surface area contributed by atoms with Crippen LogP contribution in [0.15, 0.2) is 24.3 Å². The Bertz CT molecular complexity index is 516. The molecule has 0 saturated carbocycles. The third-order valence-corrected chi connectivity index (χ3v) is 3.87. The highest BCUT2D eigenvalue weighted by Gasteiger charge is 2.17. The predicted octanol–water partition coefficient (Wildman–Crippen LogP) is 1.68. The molecule has 1 aliphatic rings. The molecule has 1 saturated heterocycles. The van der Waals surface area contributed by atoms with E-state index in [1.807, 2.05) is 6.92 Å². The highest BCUT2D eigenvalue weighted by molar-refractivity contribution is 5.99. The molecule has 2 N–H and O–H groups in total. The summed E-state index contributed by atoms with van der Waals surface area (Å²) >= 11 is 0. The standard InChI is InChI=1S/C16H23N3O2.ClH/c1-3-19(2)16(21)13-6-4-5-12(11-13)15(20)18-14-7-9-17-10-8-14;/h4-6,11,14,17H,3,7-10H2,1-2H3,(H,18,20);1H. The third kappa shape index (κ3) is 4.71. The van der Waals surface area contributed by atoms with E-state index in [9.17, 15) is 9.59 Å². The van der Waals surface area contributed by atoms with Gasteiger partial charge in [0.1, 0.15) is 0 Å². The van der Waals surface area contributed by atoms with Crippen LogP contribution < -0.4 is 10.6 Å². The summed E-state index contributed by atoms with van der Waals surface area (Å²) in [6, 6.07) is 7.14. The lowest BCUT2D eigenvalue weighted by molar-refractivity contribution is 0.0802. The zero-order chi connectivity index (χ0) is 15.2. The number of carbonyl (C=O) groups is 2. The smallest absolute Gasteiger partial charge is 0.253 e. The van der Waals surface area contributed by atoms with Crippen molar-refractivity contribution in [1.82, 2.24) is 15.5 Å². The number of rotatable bonds is 4. The molecule has 0 aliphatic carbocycles. The third-order valence-electron chi connectivity index (χ3n) is 3.87. The van der Waals surface area contributed by atoms with Crippen LogP contribution in [0.4, 0.5) is 0 Å². The molecule has 1 aromatic rings. The molecule has 1 aliphatic heterocycles. The number of nitrogens with one attached hydrogen (secondary N) is 2. The second kappa shape index (κ2) is 8.76.